The number of halogens is 2. The minimum Gasteiger partial charge on any atom is -0.593 e. The van der Waals surface area contributed by atoms with Crippen molar-refractivity contribution in [2.75, 3.05) is 57.1 Å². The second-order valence-electron chi connectivity index (χ2n) is 16.5. The first-order valence-electron chi connectivity index (χ1n) is 20.2. The van der Waals surface area contributed by atoms with E-state index in [1.165, 1.54) is 35.2 Å². The Morgan fingerprint density at radius 3 is 2.54 bits per heavy atom. The molecular weight excluding hydrogens is 825 g/mol. The van der Waals surface area contributed by atoms with E-state index in [-0.39, 0.29) is 55.0 Å². The molecule has 2 heterocycles. The van der Waals surface area contributed by atoms with Gasteiger partial charge in [0, 0.05) is 75.1 Å². The third kappa shape index (κ3) is 10.9. The van der Waals surface area contributed by atoms with Crippen molar-refractivity contribution in [3.63, 3.8) is 0 Å². The Bertz CT molecular complexity index is 2520. The van der Waals surface area contributed by atoms with Crippen LogP contribution in [0, 0.1) is 10.6 Å². The van der Waals surface area contributed by atoms with Crippen LogP contribution in [0.5, 0.6) is 11.5 Å². The van der Waals surface area contributed by atoms with Crippen LogP contribution >= 0.6 is 11.6 Å². The number of hydroxylamine groups is 2. The van der Waals surface area contributed by atoms with Crippen molar-refractivity contribution in [1.82, 2.24) is 24.8 Å². The molecular formula is C44H51ClFN7O7S. The van der Waals surface area contributed by atoms with Gasteiger partial charge in [0.05, 0.1) is 28.0 Å². The molecule has 6 N–H and O–H groups in total. The lowest BCUT2D eigenvalue weighted by Gasteiger charge is -2.34. The van der Waals surface area contributed by atoms with E-state index in [2.05, 4.69) is 56.6 Å². The molecule has 0 radical (unpaired) electrons. The summed E-state index contributed by atoms with van der Waals surface area (Å²) >= 11 is 6.18. The predicted molar refractivity (Wildman–Crippen MR) is 236 cm³/mol. The van der Waals surface area contributed by atoms with Gasteiger partial charge < -0.3 is 35.6 Å². The summed E-state index contributed by atoms with van der Waals surface area (Å²) in [6.45, 7) is 6.77. The van der Waals surface area contributed by atoms with Crippen LogP contribution in [-0.4, -0.2) is 81.6 Å². The van der Waals surface area contributed by atoms with Crippen molar-refractivity contribution >= 4 is 61.2 Å². The molecule has 1 aliphatic carbocycles. The molecule has 0 spiro atoms. The zero-order chi connectivity index (χ0) is 43.4. The number of hydrogen-bond acceptors (Lipinski definition) is 11. The number of aromatic amines is 1. The SMILES string of the molecule is CC1(C)CCC(CNCCNc2ccc(C(=O)NS(=O)(=O)c3ccc(NCC4(F)CCOCC4)c([N+](C)([O-])O)c3)c(Oc3cccc4[nH]cnc34)c2)=C(c2ccc(Cl)cc2)C1. The lowest BCUT2D eigenvalue weighted by atomic mass is 9.72. The Hall–Kier alpha value is -5.07. The number of alkyl halides is 1. The number of nitrogens with one attached hydrogen (secondary N) is 5. The fourth-order valence-electron chi connectivity index (χ4n) is 7.64. The van der Waals surface area contributed by atoms with E-state index in [0.717, 1.165) is 45.0 Å². The van der Waals surface area contributed by atoms with Crippen LogP contribution in [-0.2, 0) is 14.8 Å². The lowest BCUT2D eigenvalue weighted by Crippen LogP contribution is -2.39. The number of nitrogens with zero attached hydrogens (tertiary/aromatic N) is 2. The number of para-hydroxylation sites is 1. The average molecular weight is 876 g/mol. The molecule has 324 valence electrons. The second-order valence-corrected chi connectivity index (χ2v) is 18.6. The molecule has 0 bridgehead atoms. The first-order valence-corrected chi connectivity index (χ1v) is 22.0. The first-order chi connectivity index (χ1) is 29.0. The first kappa shape index (κ1) is 44.0. The molecule has 14 nitrogen and oxygen atoms in total. The normalized spacial score (nSPS) is 17.4. The topological polar surface area (TPSA) is 190 Å². The van der Waals surface area contributed by atoms with Crippen molar-refractivity contribution in [1.29, 1.82) is 0 Å². The van der Waals surface area contributed by atoms with Gasteiger partial charge >= 0.3 is 0 Å². The van der Waals surface area contributed by atoms with Gasteiger partial charge in [-0.3, -0.25) is 4.79 Å². The summed E-state index contributed by atoms with van der Waals surface area (Å²) < 4.78 is 56.3. The Morgan fingerprint density at radius 2 is 1.79 bits per heavy atom. The average Bonchev–Trinajstić information content (AvgIpc) is 3.71. The Balaban J connectivity index is 1.07. The maximum atomic E-state index is 15.3. The van der Waals surface area contributed by atoms with Crippen LogP contribution < -0.4 is 30.2 Å². The number of sulfonamides is 1. The molecule has 61 heavy (non-hydrogen) atoms. The molecule has 1 unspecified atom stereocenters. The third-order valence-electron chi connectivity index (χ3n) is 11.1. The Morgan fingerprint density at radius 1 is 1.02 bits per heavy atom. The molecule has 0 saturated carbocycles. The minimum atomic E-state index is -4.62. The van der Waals surface area contributed by atoms with E-state index >= 15 is 4.39 Å². The molecule has 1 saturated heterocycles. The maximum absolute atomic E-state index is 15.3. The second kappa shape index (κ2) is 18.1. The summed E-state index contributed by atoms with van der Waals surface area (Å²) in [5.74, 6) is -0.630. The molecule has 1 amide bonds. The number of hydrogen-bond donors (Lipinski definition) is 6. The lowest BCUT2D eigenvalue weighted by molar-refractivity contribution is -0.00544. The Kier molecular flexibility index (Phi) is 13.1. The quantitative estimate of drug-likeness (QED) is 0.0317. The van der Waals surface area contributed by atoms with E-state index in [1.807, 2.05) is 18.2 Å². The van der Waals surface area contributed by atoms with Crippen LogP contribution in [0.4, 0.5) is 21.5 Å². The smallest absolute Gasteiger partial charge is 0.268 e. The number of allylic oxidation sites excluding steroid dienone is 1. The van der Waals surface area contributed by atoms with Gasteiger partial charge in [-0.25, -0.2) is 27.7 Å². The number of carbonyl (C=O) groups excluding carboxylic acids is 1. The minimum absolute atomic E-state index is 0.0353. The maximum Gasteiger partial charge on any atom is 0.268 e. The van der Waals surface area contributed by atoms with Gasteiger partial charge in [0.15, 0.2) is 11.4 Å². The number of H-pyrrole nitrogens is 1. The van der Waals surface area contributed by atoms with Crippen LogP contribution in [0.3, 0.4) is 0 Å². The number of fused-ring (bicyclic) bond motifs is 1. The van der Waals surface area contributed by atoms with Crippen molar-refractivity contribution in [2.45, 2.75) is 56.5 Å². The zero-order valence-electron chi connectivity index (χ0n) is 34.3. The van der Waals surface area contributed by atoms with Crippen LogP contribution in [0.15, 0.2) is 95.7 Å². The summed E-state index contributed by atoms with van der Waals surface area (Å²) in [5.41, 5.74) is 3.84. The van der Waals surface area contributed by atoms with Gasteiger partial charge in [0.2, 0.25) is 0 Å². The van der Waals surface area contributed by atoms with Gasteiger partial charge in [-0.2, -0.15) is 4.81 Å². The molecule has 1 fully saturated rings. The summed E-state index contributed by atoms with van der Waals surface area (Å²) in [6, 6.07) is 21.3. The Labute approximate surface area is 359 Å². The number of carbonyl (C=O) groups is 1. The van der Waals surface area contributed by atoms with Crippen LogP contribution in [0.1, 0.15) is 61.9 Å². The molecule has 1 atom stereocenters. The van der Waals surface area contributed by atoms with Crippen molar-refractivity contribution < 1.29 is 32.3 Å². The number of quaternary nitrogens is 1. The van der Waals surface area contributed by atoms with Crippen LogP contribution in [0.2, 0.25) is 5.02 Å². The molecule has 5 aromatic rings. The number of aromatic nitrogens is 2. The third-order valence-corrected chi connectivity index (χ3v) is 12.7. The number of amides is 1. The molecule has 4 aromatic carbocycles. The van der Waals surface area contributed by atoms with E-state index in [0.29, 0.717) is 40.6 Å². The summed E-state index contributed by atoms with van der Waals surface area (Å²) in [7, 11) is -3.74. The standard InChI is InChI=1S/C44H51ClFN7O7S/c1-43(2)16-15-30(35(25-43)29-7-9-31(45)10-8-29)26-47-19-20-48-32-11-13-34(40(23-32)60-39-6-4-5-37-41(39)51-28-50-37)42(54)52-61(57,58)33-12-14-36(38(24-33)53(3,55)56)49-27-44(46)17-21-59-22-18-44/h4-14,23-24,28,47-49,55H,15-22,25-27H2,1-3H3,(H,50,51)(H,52,54). The van der Waals surface area contributed by atoms with E-state index in [1.54, 1.807) is 24.3 Å². The fraction of sp³-hybridized carbons (Fsp3) is 0.364. The molecule has 1 aliphatic heterocycles. The predicted octanol–water partition coefficient (Wildman–Crippen LogP) is 8.55. The number of benzene rings is 4. The highest BCUT2D eigenvalue weighted by atomic mass is 35.5. The van der Waals surface area contributed by atoms with Crippen molar-refractivity contribution in [3.05, 3.63) is 112 Å². The molecule has 2 aliphatic rings. The van der Waals surface area contributed by atoms with E-state index in [4.69, 9.17) is 21.1 Å². The summed E-state index contributed by atoms with van der Waals surface area (Å²) in [4.78, 5) is 18.7. The number of anilines is 2. The number of ether oxygens (including phenoxy) is 2. The largest absolute Gasteiger partial charge is 0.593 e. The van der Waals surface area contributed by atoms with Crippen molar-refractivity contribution in [2.24, 2.45) is 5.41 Å². The molecule has 1 aromatic heterocycles. The highest BCUT2D eigenvalue weighted by Crippen LogP contribution is 2.43. The molecule has 7 rings (SSSR count). The van der Waals surface area contributed by atoms with Gasteiger partial charge in [-0.1, -0.05) is 49.2 Å². The van der Waals surface area contributed by atoms with Crippen LogP contribution in [0.25, 0.3) is 16.6 Å². The number of rotatable bonds is 16. The van der Waals surface area contributed by atoms with Gasteiger partial charge in [0.1, 0.15) is 24.0 Å². The van der Waals surface area contributed by atoms with Crippen molar-refractivity contribution in [3.8, 4) is 11.5 Å². The highest BCUT2D eigenvalue weighted by molar-refractivity contribution is 7.90. The van der Waals surface area contributed by atoms with Gasteiger partial charge in [0.25, 0.3) is 15.9 Å². The summed E-state index contributed by atoms with van der Waals surface area (Å²) in [5, 5.41) is 33.7. The van der Waals surface area contributed by atoms with E-state index in [9.17, 15) is 23.6 Å². The van der Waals surface area contributed by atoms with E-state index < -0.39 is 37.0 Å². The highest BCUT2D eigenvalue weighted by Gasteiger charge is 2.34. The van der Waals surface area contributed by atoms with Gasteiger partial charge in [-0.15, -0.1) is 0 Å². The van der Waals surface area contributed by atoms with Gasteiger partial charge in [-0.05, 0) is 84.3 Å². The monoisotopic (exact) mass is 875 g/mol. The summed E-state index contributed by atoms with van der Waals surface area (Å²) in [6.07, 6.45) is 4.86. The number of imidazole rings is 1. The fourth-order valence-corrected chi connectivity index (χ4v) is 8.75. The molecule has 17 heteroatoms. The zero-order valence-corrected chi connectivity index (χ0v) is 35.9.